The maximum Gasteiger partial charge on any atom is 0.268 e. The second-order valence-corrected chi connectivity index (χ2v) is 3.78. The average molecular weight is 220 g/mol. The van der Waals surface area contributed by atoms with E-state index in [0.29, 0.717) is 6.54 Å². The van der Waals surface area contributed by atoms with Crippen LogP contribution < -0.4 is 10.5 Å². The maximum absolute atomic E-state index is 11.7. The molecular formula is C11H16N4O. The summed E-state index contributed by atoms with van der Waals surface area (Å²) in [6.45, 7) is 4.93. The normalized spacial score (nSPS) is 11.9. The van der Waals surface area contributed by atoms with Crippen LogP contribution in [0.5, 0.6) is 0 Å². The molecule has 1 heterocycles. The van der Waals surface area contributed by atoms with Gasteiger partial charge in [-0.15, -0.1) is 0 Å². The van der Waals surface area contributed by atoms with E-state index in [9.17, 15) is 4.79 Å². The third-order valence-electron chi connectivity index (χ3n) is 2.44. The van der Waals surface area contributed by atoms with Crippen molar-refractivity contribution in [1.82, 2.24) is 9.78 Å². The zero-order valence-electron chi connectivity index (χ0n) is 9.84. The number of rotatable bonds is 4. The van der Waals surface area contributed by atoms with Crippen molar-refractivity contribution in [1.29, 1.82) is 5.26 Å². The number of nitrogens with zero attached hydrogens (tertiary/aromatic N) is 4. The Hall–Kier alpha value is -1.83. The van der Waals surface area contributed by atoms with Crippen molar-refractivity contribution in [3.63, 3.8) is 0 Å². The second-order valence-electron chi connectivity index (χ2n) is 3.78. The van der Waals surface area contributed by atoms with E-state index in [4.69, 9.17) is 5.26 Å². The SMILES string of the molecule is CCN(C)c1cnn(CC(C)C#N)c(=O)c1. The molecule has 0 fully saturated rings. The molecule has 1 unspecified atom stereocenters. The van der Waals surface area contributed by atoms with E-state index in [1.807, 2.05) is 18.9 Å². The first kappa shape index (κ1) is 12.2. The highest BCUT2D eigenvalue weighted by atomic mass is 16.1. The minimum Gasteiger partial charge on any atom is -0.373 e. The molecule has 0 N–H and O–H groups in total. The van der Waals surface area contributed by atoms with E-state index in [1.54, 1.807) is 19.2 Å². The van der Waals surface area contributed by atoms with Gasteiger partial charge in [0.1, 0.15) is 0 Å². The molecule has 5 heteroatoms. The van der Waals surface area contributed by atoms with Crippen LogP contribution in [0.1, 0.15) is 13.8 Å². The third kappa shape index (κ3) is 2.83. The zero-order valence-corrected chi connectivity index (χ0v) is 9.84. The number of hydrogen-bond donors (Lipinski definition) is 0. The number of aromatic nitrogens is 2. The molecule has 0 radical (unpaired) electrons. The van der Waals surface area contributed by atoms with Crippen molar-refractivity contribution in [3.8, 4) is 6.07 Å². The van der Waals surface area contributed by atoms with E-state index in [0.717, 1.165) is 12.2 Å². The number of anilines is 1. The van der Waals surface area contributed by atoms with Crippen LogP contribution in [-0.4, -0.2) is 23.4 Å². The van der Waals surface area contributed by atoms with Crippen molar-refractivity contribution < 1.29 is 0 Å². The standard InChI is InChI=1S/C11H16N4O/c1-4-14(3)10-5-11(16)15(13-7-10)8-9(2)6-12/h5,7,9H,4,8H2,1-3H3. The second kappa shape index (κ2) is 5.31. The molecule has 0 saturated carbocycles. The Morgan fingerprint density at radius 1 is 1.69 bits per heavy atom. The Labute approximate surface area is 94.9 Å². The summed E-state index contributed by atoms with van der Waals surface area (Å²) in [5, 5.41) is 12.7. The van der Waals surface area contributed by atoms with Gasteiger partial charge in [-0.2, -0.15) is 10.4 Å². The van der Waals surface area contributed by atoms with Gasteiger partial charge in [-0.25, -0.2) is 4.68 Å². The fraction of sp³-hybridized carbons (Fsp3) is 0.545. The van der Waals surface area contributed by atoms with E-state index in [1.165, 1.54) is 4.68 Å². The van der Waals surface area contributed by atoms with Gasteiger partial charge >= 0.3 is 0 Å². The molecule has 0 aliphatic carbocycles. The molecule has 1 rings (SSSR count). The quantitative estimate of drug-likeness (QED) is 0.755. The molecule has 1 aromatic heterocycles. The topological polar surface area (TPSA) is 61.9 Å². The molecule has 0 bridgehead atoms. The summed E-state index contributed by atoms with van der Waals surface area (Å²) in [7, 11) is 1.90. The van der Waals surface area contributed by atoms with E-state index in [-0.39, 0.29) is 11.5 Å². The zero-order chi connectivity index (χ0) is 12.1. The van der Waals surface area contributed by atoms with Gasteiger partial charge in [-0.3, -0.25) is 4.79 Å². The Morgan fingerprint density at radius 3 is 2.88 bits per heavy atom. The molecule has 0 aromatic carbocycles. The van der Waals surface area contributed by atoms with Crippen molar-refractivity contribution in [2.75, 3.05) is 18.5 Å². The van der Waals surface area contributed by atoms with Gasteiger partial charge in [0.15, 0.2) is 0 Å². The summed E-state index contributed by atoms with van der Waals surface area (Å²) in [6, 6.07) is 3.62. The van der Waals surface area contributed by atoms with Crippen LogP contribution in [0, 0.1) is 17.2 Å². The molecule has 86 valence electrons. The Balaban J connectivity index is 2.93. The lowest BCUT2D eigenvalue weighted by Crippen LogP contribution is -2.27. The lowest BCUT2D eigenvalue weighted by molar-refractivity contribution is 0.503. The molecule has 0 amide bonds. The van der Waals surface area contributed by atoms with Crippen LogP contribution in [0.3, 0.4) is 0 Å². The average Bonchev–Trinajstić information content (AvgIpc) is 2.30. The highest BCUT2D eigenvalue weighted by Crippen LogP contribution is 2.06. The Kier molecular flexibility index (Phi) is 4.06. The Bertz CT molecular complexity index is 446. The van der Waals surface area contributed by atoms with Crippen LogP contribution in [0.15, 0.2) is 17.1 Å². The molecule has 1 aromatic rings. The van der Waals surface area contributed by atoms with Crippen molar-refractivity contribution >= 4 is 5.69 Å². The van der Waals surface area contributed by atoms with Crippen LogP contribution in [0.25, 0.3) is 0 Å². The van der Waals surface area contributed by atoms with Crippen LogP contribution >= 0.6 is 0 Å². The van der Waals surface area contributed by atoms with Crippen molar-refractivity contribution in [2.45, 2.75) is 20.4 Å². The number of hydrogen-bond acceptors (Lipinski definition) is 4. The number of nitriles is 1. The third-order valence-corrected chi connectivity index (χ3v) is 2.44. The maximum atomic E-state index is 11.7. The van der Waals surface area contributed by atoms with Crippen LogP contribution in [-0.2, 0) is 6.54 Å². The predicted molar refractivity (Wildman–Crippen MR) is 62.2 cm³/mol. The summed E-state index contributed by atoms with van der Waals surface area (Å²) < 4.78 is 1.32. The smallest absolute Gasteiger partial charge is 0.268 e. The van der Waals surface area contributed by atoms with E-state index < -0.39 is 0 Å². The first-order valence-electron chi connectivity index (χ1n) is 5.26. The minimum absolute atomic E-state index is 0.167. The fourth-order valence-electron chi connectivity index (χ4n) is 1.25. The van der Waals surface area contributed by atoms with E-state index >= 15 is 0 Å². The van der Waals surface area contributed by atoms with Gasteiger partial charge in [-0.1, -0.05) is 0 Å². The summed E-state index contributed by atoms with van der Waals surface area (Å²) >= 11 is 0. The molecule has 0 aliphatic heterocycles. The van der Waals surface area contributed by atoms with Crippen LogP contribution in [0.2, 0.25) is 0 Å². The van der Waals surface area contributed by atoms with Gasteiger partial charge in [0, 0.05) is 19.7 Å². The summed E-state index contributed by atoms with van der Waals surface area (Å²) in [5.74, 6) is -0.208. The van der Waals surface area contributed by atoms with Gasteiger partial charge in [0.25, 0.3) is 5.56 Å². The summed E-state index contributed by atoms with van der Waals surface area (Å²) in [6.07, 6.45) is 1.65. The van der Waals surface area contributed by atoms with Gasteiger partial charge < -0.3 is 4.90 Å². The summed E-state index contributed by atoms with van der Waals surface area (Å²) in [4.78, 5) is 13.6. The molecule has 5 nitrogen and oxygen atoms in total. The largest absolute Gasteiger partial charge is 0.373 e. The van der Waals surface area contributed by atoms with Gasteiger partial charge in [0.05, 0.1) is 30.4 Å². The first-order valence-corrected chi connectivity index (χ1v) is 5.26. The molecule has 1 atom stereocenters. The molecule has 0 aliphatic rings. The monoisotopic (exact) mass is 220 g/mol. The predicted octanol–water partition coefficient (Wildman–Crippen LogP) is 0.859. The molecular weight excluding hydrogens is 204 g/mol. The fourth-order valence-corrected chi connectivity index (χ4v) is 1.25. The van der Waals surface area contributed by atoms with Crippen molar-refractivity contribution in [2.24, 2.45) is 5.92 Å². The van der Waals surface area contributed by atoms with Gasteiger partial charge in [0.2, 0.25) is 0 Å². The van der Waals surface area contributed by atoms with E-state index in [2.05, 4.69) is 11.2 Å². The highest BCUT2D eigenvalue weighted by Gasteiger charge is 2.06. The van der Waals surface area contributed by atoms with Gasteiger partial charge in [-0.05, 0) is 13.8 Å². The van der Waals surface area contributed by atoms with Crippen LogP contribution in [0.4, 0.5) is 5.69 Å². The first-order chi connectivity index (χ1) is 7.58. The minimum atomic E-state index is -0.208. The molecule has 16 heavy (non-hydrogen) atoms. The summed E-state index contributed by atoms with van der Waals surface area (Å²) in [5.41, 5.74) is 0.633. The van der Waals surface area contributed by atoms with Crippen molar-refractivity contribution in [3.05, 3.63) is 22.6 Å². The lowest BCUT2D eigenvalue weighted by atomic mass is 10.2. The Morgan fingerprint density at radius 2 is 2.38 bits per heavy atom. The molecule has 0 spiro atoms. The molecule has 0 saturated heterocycles. The highest BCUT2D eigenvalue weighted by molar-refractivity contribution is 5.41. The lowest BCUT2D eigenvalue weighted by Gasteiger charge is -2.16.